The zero-order valence-corrected chi connectivity index (χ0v) is 13.8. The van der Waals surface area contributed by atoms with Gasteiger partial charge in [0.05, 0.1) is 17.7 Å². The standard InChI is InChI=1S/2C9H11NO2/c1-2-12-9(11)7-5-3-4-6-8(7)10;1-2-10-8-6-4-3-5-7(8)9(11)12/h3-6H,2,10H2,1H3;3-6,10H,2H2,1H3,(H,11,12). The lowest BCUT2D eigenvalue weighted by Gasteiger charge is -2.05. The number of nitrogens with two attached hydrogens (primary N) is 1. The number of carboxylic acid groups (broad SMARTS) is 1. The maximum absolute atomic E-state index is 11.2. The van der Waals surface area contributed by atoms with E-state index < -0.39 is 5.97 Å². The highest BCUT2D eigenvalue weighted by molar-refractivity contribution is 5.95. The molecule has 0 atom stereocenters. The minimum Gasteiger partial charge on any atom is -0.478 e. The highest BCUT2D eigenvalue weighted by Crippen LogP contribution is 2.14. The molecule has 128 valence electrons. The lowest BCUT2D eigenvalue weighted by molar-refractivity contribution is 0.0527. The second-order valence-electron chi connectivity index (χ2n) is 4.69. The summed E-state index contributed by atoms with van der Waals surface area (Å²) < 4.78 is 4.79. The van der Waals surface area contributed by atoms with Gasteiger partial charge in [0, 0.05) is 17.9 Å². The van der Waals surface area contributed by atoms with Gasteiger partial charge in [0.25, 0.3) is 0 Å². The summed E-state index contributed by atoms with van der Waals surface area (Å²) in [5.74, 6) is -1.26. The molecule has 0 aliphatic heterocycles. The van der Waals surface area contributed by atoms with E-state index in [4.69, 9.17) is 15.6 Å². The smallest absolute Gasteiger partial charge is 0.340 e. The van der Waals surface area contributed by atoms with Gasteiger partial charge in [-0.15, -0.1) is 0 Å². The Morgan fingerprint density at radius 2 is 1.62 bits per heavy atom. The largest absolute Gasteiger partial charge is 0.478 e. The molecule has 0 saturated carbocycles. The van der Waals surface area contributed by atoms with Crippen molar-refractivity contribution < 1.29 is 19.4 Å². The minimum atomic E-state index is -0.897. The molecule has 2 aromatic rings. The van der Waals surface area contributed by atoms with Crippen LogP contribution >= 0.6 is 0 Å². The molecule has 0 saturated heterocycles. The second kappa shape index (κ2) is 9.89. The number of anilines is 2. The molecule has 0 bridgehead atoms. The van der Waals surface area contributed by atoms with Crippen molar-refractivity contribution in [1.82, 2.24) is 0 Å². The second-order valence-corrected chi connectivity index (χ2v) is 4.69. The number of hydrogen-bond acceptors (Lipinski definition) is 5. The van der Waals surface area contributed by atoms with E-state index in [-0.39, 0.29) is 5.97 Å². The van der Waals surface area contributed by atoms with Gasteiger partial charge in [-0.2, -0.15) is 0 Å². The van der Waals surface area contributed by atoms with E-state index in [1.54, 1.807) is 49.4 Å². The van der Waals surface area contributed by atoms with Gasteiger partial charge in [-0.05, 0) is 38.1 Å². The molecule has 0 radical (unpaired) electrons. The van der Waals surface area contributed by atoms with Crippen LogP contribution in [0.5, 0.6) is 0 Å². The molecule has 24 heavy (non-hydrogen) atoms. The van der Waals surface area contributed by atoms with Crippen molar-refractivity contribution in [1.29, 1.82) is 0 Å². The number of rotatable bonds is 5. The van der Waals surface area contributed by atoms with Crippen LogP contribution in [-0.2, 0) is 4.74 Å². The third-order valence-corrected chi connectivity index (χ3v) is 2.98. The summed E-state index contributed by atoms with van der Waals surface area (Å²) in [6, 6.07) is 13.7. The first kappa shape index (κ1) is 19.0. The van der Waals surface area contributed by atoms with Crippen molar-refractivity contribution in [3.63, 3.8) is 0 Å². The molecule has 2 rings (SSSR count). The fourth-order valence-electron chi connectivity index (χ4n) is 1.91. The molecule has 6 heteroatoms. The van der Waals surface area contributed by atoms with E-state index in [0.29, 0.717) is 29.1 Å². The summed E-state index contributed by atoms with van der Waals surface area (Å²) in [5, 5.41) is 11.7. The summed E-state index contributed by atoms with van der Waals surface area (Å²) >= 11 is 0. The first-order valence-electron chi connectivity index (χ1n) is 7.59. The maximum Gasteiger partial charge on any atom is 0.340 e. The molecule has 0 aliphatic rings. The van der Waals surface area contributed by atoms with Crippen LogP contribution in [0.1, 0.15) is 34.6 Å². The van der Waals surface area contributed by atoms with Gasteiger partial charge in [-0.3, -0.25) is 0 Å². The van der Waals surface area contributed by atoms with Gasteiger partial charge in [0.1, 0.15) is 0 Å². The van der Waals surface area contributed by atoms with Crippen molar-refractivity contribution in [3.8, 4) is 0 Å². The topological polar surface area (TPSA) is 102 Å². The van der Waals surface area contributed by atoms with Gasteiger partial charge in [-0.1, -0.05) is 24.3 Å². The van der Waals surface area contributed by atoms with Crippen LogP contribution in [0.3, 0.4) is 0 Å². The van der Waals surface area contributed by atoms with Gasteiger partial charge in [0.2, 0.25) is 0 Å². The summed E-state index contributed by atoms with van der Waals surface area (Å²) in [4.78, 5) is 21.8. The summed E-state index contributed by atoms with van der Waals surface area (Å²) in [7, 11) is 0. The average molecular weight is 330 g/mol. The molecule has 4 N–H and O–H groups in total. The number of nitrogens with one attached hydrogen (secondary N) is 1. The van der Waals surface area contributed by atoms with Crippen LogP contribution in [0.4, 0.5) is 11.4 Å². The Morgan fingerprint density at radius 3 is 2.17 bits per heavy atom. The maximum atomic E-state index is 11.2. The number of ether oxygens (including phenoxy) is 1. The van der Waals surface area contributed by atoms with Gasteiger partial charge < -0.3 is 20.9 Å². The van der Waals surface area contributed by atoms with Gasteiger partial charge in [0.15, 0.2) is 0 Å². The lowest BCUT2D eigenvalue weighted by atomic mass is 10.2. The summed E-state index contributed by atoms with van der Waals surface area (Å²) in [6.45, 7) is 4.78. The fourth-order valence-corrected chi connectivity index (χ4v) is 1.91. The predicted octanol–water partition coefficient (Wildman–Crippen LogP) is 3.26. The molecule has 0 amide bonds. The number of aromatic carboxylic acids is 1. The quantitative estimate of drug-likeness (QED) is 0.574. The van der Waals surface area contributed by atoms with E-state index >= 15 is 0 Å². The van der Waals surface area contributed by atoms with Crippen molar-refractivity contribution >= 4 is 23.3 Å². The van der Waals surface area contributed by atoms with Crippen LogP contribution in [0.25, 0.3) is 0 Å². The fraction of sp³-hybridized carbons (Fsp3) is 0.222. The molecule has 0 heterocycles. The molecule has 0 spiro atoms. The van der Waals surface area contributed by atoms with E-state index in [1.807, 2.05) is 13.0 Å². The highest BCUT2D eigenvalue weighted by Gasteiger charge is 2.08. The van der Waals surface area contributed by atoms with Crippen molar-refractivity contribution in [2.24, 2.45) is 0 Å². The number of hydrogen-bond donors (Lipinski definition) is 3. The zero-order chi connectivity index (χ0) is 17.9. The normalized spacial score (nSPS) is 9.42. The van der Waals surface area contributed by atoms with Gasteiger partial charge >= 0.3 is 11.9 Å². The van der Waals surface area contributed by atoms with Crippen molar-refractivity contribution in [2.45, 2.75) is 13.8 Å². The minimum absolute atomic E-state index is 0.319. The molecule has 0 fully saturated rings. The Kier molecular flexibility index (Phi) is 7.84. The third kappa shape index (κ3) is 5.64. The number of nitrogen functional groups attached to an aromatic ring is 1. The van der Waals surface area contributed by atoms with E-state index in [1.165, 1.54) is 0 Å². The Morgan fingerprint density at radius 1 is 1.04 bits per heavy atom. The molecule has 0 unspecified atom stereocenters. The molecule has 6 nitrogen and oxygen atoms in total. The number of carbonyl (C=O) groups is 2. The van der Waals surface area contributed by atoms with Crippen LogP contribution in [0.2, 0.25) is 0 Å². The van der Waals surface area contributed by atoms with E-state index in [2.05, 4.69) is 5.32 Å². The average Bonchev–Trinajstić information content (AvgIpc) is 2.56. The van der Waals surface area contributed by atoms with Crippen LogP contribution in [0.15, 0.2) is 48.5 Å². The number of benzene rings is 2. The first-order valence-corrected chi connectivity index (χ1v) is 7.59. The Labute approximate surface area is 141 Å². The Bertz CT molecular complexity index is 686. The lowest BCUT2D eigenvalue weighted by Crippen LogP contribution is -2.07. The SMILES string of the molecule is CCNc1ccccc1C(=O)O.CCOC(=O)c1ccccc1N. The van der Waals surface area contributed by atoms with Crippen molar-refractivity contribution in [3.05, 3.63) is 59.7 Å². The molecular formula is C18H22N2O4. The Balaban J connectivity index is 0.000000240. The van der Waals surface area contributed by atoms with Gasteiger partial charge in [-0.25, -0.2) is 9.59 Å². The highest BCUT2D eigenvalue weighted by atomic mass is 16.5. The molecule has 2 aromatic carbocycles. The summed E-state index contributed by atoms with van der Waals surface area (Å²) in [5.41, 5.74) is 7.43. The molecule has 0 aliphatic carbocycles. The van der Waals surface area contributed by atoms with E-state index in [0.717, 1.165) is 6.54 Å². The van der Waals surface area contributed by atoms with Crippen LogP contribution in [0, 0.1) is 0 Å². The van der Waals surface area contributed by atoms with Crippen molar-refractivity contribution in [2.75, 3.05) is 24.2 Å². The number of carbonyl (C=O) groups excluding carboxylic acids is 1. The predicted molar refractivity (Wildman–Crippen MR) is 94.4 cm³/mol. The molecule has 0 aromatic heterocycles. The zero-order valence-electron chi connectivity index (χ0n) is 13.8. The van der Waals surface area contributed by atoms with Crippen LogP contribution < -0.4 is 11.1 Å². The number of esters is 1. The first-order chi connectivity index (χ1) is 11.5. The van der Waals surface area contributed by atoms with Crippen LogP contribution in [-0.4, -0.2) is 30.2 Å². The number of carboxylic acids is 1. The van der Waals surface area contributed by atoms with E-state index in [9.17, 15) is 9.59 Å². The monoisotopic (exact) mass is 330 g/mol. The molecular weight excluding hydrogens is 308 g/mol. The number of para-hydroxylation sites is 2. The third-order valence-electron chi connectivity index (χ3n) is 2.98. The summed E-state index contributed by atoms with van der Waals surface area (Å²) in [6.07, 6.45) is 0. The Hall–Kier alpha value is -3.02.